The van der Waals surface area contributed by atoms with Crippen molar-refractivity contribution in [2.45, 2.75) is 18.6 Å². The first-order valence-electron chi connectivity index (χ1n) is 6.05. The topological polar surface area (TPSA) is 40.5 Å². The van der Waals surface area contributed by atoms with Gasteiger partial charge in [-0.25, -0.2) is 0 Å². The van der Waals surface area contributed by atoms with E-state index in [0.717, 1.165) is 5.56 Å². The lowest BCUT2D eigenvalue weighted by Gasteiger charge is -2.30. The number of hydrogen-bond acceptors (Lipinski definition) is 2. The van der Waals surface area contributed by atoms with E-state index in [2.05, 4.69) is 19.7 Å². The summed E-state index contributed by atoms with van der Waals surface area (Å²) >= 11 is 0. The Bertz CT molecular complexity index is 453. The van der Waals surface area contributed by atoms with E-state index >= 15 is 0 Å². The summed E-state index contributed by atoms with van der Waals surface area (Å²) in [6.07, 6.45) is 3.82. The molecule has 0 aliphatic rings. The van der Waals surface area contributed by atoms with Crippen LogP contribution >= 0.6 is 0 Å². The van der Waals surface area contributed by atoms with Crippen molar-refractivity contribution in [1.29, 1.82) is 0 Å². The number of hydrogen-bond donors (Lipinski definition) is 1. The van der Waals surface area contributed by atoms with E-state index < -0.39 is 12.1 Å². The van der Waals surface area contributed by atoms with Crippen LogP contribution in [0.15, 0.2) is 68.4 Å². The Labute approximate surface area is 114 Å². The molecular weight excluding hydrogens is 238 g/mol. The standard InChI is InChI=1S/C16H19NO2/c1-4-10-15(18)17(6-3)14(5-2)16(19)13-11-8-7-9-12-13/h4-9,11-12,14,16,19H,1-3,10H2/t14-,16-/m1/s1. The van der Waals surface area contributed by atoms with E-state index in [-0.39, 0.29) is 12.3 Å². The Morgan fingerprint density at radius 1 is 1.26 bits per heavy atom. The van der Waals surface area contributed by atoms with E-state index in [0.29, 0.717) is 0 Å². The first-order valence-corrected chi connectivity index (χ1v) is 6.05. The molecule has 2 atom stereocenters. The predicted molar refractivity (Wildman–Crippen MR) is 77.2 cm³/mol. The SMILES string of the molecule is C=CCC(=O)N(C=C)[C@H](C=C)[C@H](O)c1ccccc1. The zero-order valence-electron chi connectivity index (χ0n) is 10.9. The maximum absolute atomic E-state index is 11.9. The van der Waals surface area contributed by atoms with Gasteiger partial charge in [0.15, 0.2) is 0 Å². The van der Waals surface area contributed by atoms with Crippen molar-refractivity contribution in [3.05, 3.63) is 74.0 Å². The minimum atomic E-state index is -0.842. The fourth-order valence-corrected chi connectivity index (χ4v) is 1.86. The molecule has 100 valence electrons. The lowest BCUT2D eigenvalue weighted by Crippen LogP contribution is -2.38. The van der Waals surface area contributed by atoms with Crippen LogP contribution in [0.3, 0.4) is 0 Å². The zero-order valence-corrected chi connectivity index (χ0v) is 10.9. The molecule has 0 unspecified atom stereocenters. The number of carbonyl (C=O) groups excluding carboxylic acids is 1. The normalized spacial score (nSPS) is 13.1. The number of aliphatic hydroxyl groups is 1. The molecule has 0 aliphatic heterocycles. The summed E-state index contributed by atoms with van der Waals surface area (Å²) in [5.41, 5.74) is 0.727. The molecule has 1 rings (SSSR count). The van der Waals surface area contributed by atoms with Crippen LogP contribution in [-0.4, -0.2) is 22.0 Å². The maximum Gasteiger partial charge on any atom is 0.230 e. The molecule has 19 heavy (non-hydrogen) atoms. The fourth-order valence-electron chi connectivity index (χ4n) is 1.86. The monoisotopic (exact) mass is 257 g/mol. The van der Waals surface area contributed by atoms with Crippen molar-refractivity contribution in [3.63, 3.8) is 0 Å². The molecule has 0 aromatic heterocycles. The van der Waals surface area contributed by atoms with Gasteiger partial charge in [-0.15, -0.1) is 13.2 Å². The molecule has 1 N–H and O–H groups in total. The van der Waals surface area contributed by atoms with Gasteiger partial charge >= 0.3 is 0 Å². The Kier molecular flexibility index (Phi) is 5.76. The van der Waals surface area contributed by atoms with E-state index in [1.807, 2.05) is 18.2 Å². The highest BCUT2D eigenvalue weighted by atomic mass is 16.3. The number of nitrogens with zero attached hydrogens (tertiary/aromatic N) is 1. The van der Waals surface area contributed by atoms with Gasteiger partial charge in [-0.2, -0.15) is 0 Å². The molecule has 0 fully saturated rings. The molecule has 1 amide bonds. The Morgan fingerprint density at radius 3 is 2.37 bits per heavy atom. The van der Waals surface area contributed by atoms with Gasteiger partial charge < -0.3 is 10.0 Å². The Hall–Kier alpha value is -2.13. The zero-order chi connectivity index (χ0) is 14.3. The largest absolute Gasteiger partial charge is 0.386 e. The molecule has 0 saturated carbocycles. The average molecular weight is 257 g/mol. The quantitative estimate of drug-likeness (QED) is 0.763. The van der Waals surface area contributed by atoms with E-state index in [1.165, 1.54) is 17.2 Å². The number of benzene rings is 1. The van der Waals surface area contributed by atoms with Gasteiger partial charge in [0.25, 0.3) is 0 Å². The first-order chi connectivity index (χ1) is 9.15. The van der Waals surface area contributed by atoms with E-state index in [9.17, 15) is 9.90 Å². The van der Waals surface area contributed by atoms with Crippen molar-refractivity contribution >= 4 is 5.91 Å². The maximum atomic E-state index is 11.9. The van der Waals surface area contributed by atoms with Crippen molar-refractivity contribution in [1.82, 2.24) is 4.90 Å². The highest BCUT2D eigenvalue weighted by Gasteiger charge is 2.25. The molecule has 0 aliphatic carbocycles. The third kappa shape index (κ3) is 3.66. The van der Waals surface area contributed by atoms with Crippen LogP contribution in [0, 0.1) is 0 Å². The minimum Gasteiger partial charge on any atom is -0.386 e. The second-order valence-electron chi connectivity index (χ2n) is 4.06. The van der Waals surface area contributed by atoms with Gasteiger partial charge in [-0.3, -0.25) is 4.79 Å². The number of amides is 1. The minimum absolute atomic E-state index is 0.176. The molecule has 3 heteroatoms. The molecule has 0 spiro atoms. The van der Waals surface area contributed by atoms with Gasteiger partial charge in [-0.1, -0.05) is 49.1 Å². The second kappa shape index (κ2) is 7.34. The van der Waals surface area contributed by atoms with E-state index in [1.54, 1.807) is 18.2 Å². The van der Waals surface area contributed by atoms with Crippen LogP contribution < -0.4 is 0 Å². The molecule has 1 aromatic rings. The third-order valence-electron chi connectivity index (χ3n) is 2.83. The van der Waals surface area contributed by atoms with Crippen LogP contribution in [0.2, 0.25) is 0 Å². The molecule has 0 radical (unpaired) electrons. The number of carbonyl (C=O) groups is 1. The Balaban J connectivity index is 2.98. The van der Waals surface area contributed by atoms with Crippen molar-refractivity contribution < 1.29 is 9.90 Å². The van der Waals surface area contributed by atoms with Crippen LogP contribution in [0.1, 0.15) is 18.1 Å². The summed E-state index contributed by atoms with van der Waals surface area (Å²) in [4.78, 5) is 13.3. The molecular formula is C16H19NO2. The van der Waals surface area contributed by atoms with Gasteiger partial charge in [-0.05, 0) is 5.56 Å². The van der Waals surface area contributed by atoms with Crippen LogP contribution in [-0.2, 0) is 4.79 Å². The predicted octanol–water partition coefficient (Wildman–Crippen LogP) is 2.82. The van der Waals surface area contributed by atoms with Crippen molar-refractivity contribution in [2.24, 2.45) is 0 Å². The summed E-state index contributed by atoms with van der Waals surface area (Å²) in [7, 11) is 0. The van der Waals surface area contributed by atoms with E-state index in [4.69, 9.17) is 0 Å². The van der Waals surface area contributed by atoms with Gasteiger partial charge in [0.1, 0.15) is 6.10 Å². The fraction of sp³-hybridized carbons (Fsp3) is 0.188. The van der Waals surface area contributed by atoms with Crippen molar-refractivity contribution in [3.8, 4) is 0 Å². The number of rotatable bonds is 7. The van der Waals surface area contributed by atoms with Crippen molar-refractivity contribution in [2.75, 3.05) is 0 Å². The van der Waals surface area contributed by atoms with Crippen LogP contribution in [0.5, 0.6) is 0 Å². The summed E-state index contributed by atoms with van der Waals surface area (Å²) in [6.45, 7) is 10.8. The molecule has 3 nitrogen and oxygen atoms in total. The average Bonchev–Trinajstić information content (AvgIpc) is 2.45. The third-order valence-corrected chi connectivity index (χ3v) is 2.83. The smallest absolute Gasteiger partial charge is 0.230 e. The van der Waals surface area contributed by atoms with Gasteiger partial charge in [0, 0.05) is 12.6 Å². The van der Waals surface area contributed by atoms with Gasteiger partial charge in [0.05, 0.1) is 6.04 Å². The summed E-state index contributed by atoms with van der Waals surface area (Å²) in [5.74, 6) is -0.176. The first kappa shape index (κ1) is 14.9. The molecule has 0 heterocycles. The van der Waals surface area contributed by atoms with Crippen LogP contribution in [0.25, 0.3) is 0 Å². The summed E-state index contributed by atoms with van der Waals surface area (Å²) in [5, 5.41) is 10.4. The molecule has 0 saturated heterocycles. The lowest BCUT2D eigenvalue weighted by molar-refractivity contribution is -0.130. The van der Waals surface area contributed by atoms with Crippen LogP contribution in [0.4, 0.5) is 0 Å². The summed E-state index contributed by atoms with van der Waals surface area (Å²) in [6, 6.07) is 8.60. The second-order valence-corrected chi connectivity index (χ2v) is 4.06. The lowest BCUT2D eigenvalue weighted by atomic mass is 10.0. The molecule has 1 aromatic carbocycles. The highest BCUT2D eigenvalue weighted by Crippen LogP contribution is 2.22. The Morgan fingerprint density at radius 2 is 1.89 bits per heavy atom. The molecule has 0 bridgehead atoms. The summed E-state index contributed by atoms with van der Waals surface area (Å²) < 4.78 is 0. The number of aliphatic hydroxyl groups excluding tert-OH is 1. The highest BCUT2D eigenvalue weighted by molar-refractivity contribution is 5.79. The van der Waals surface area contributed by atoms with Gasteiger partial charge in [0.2, 0.25) is 5.91 Å².